The maximum atomic E-state index is 12.9. The van der Waals surface area contributed by atoms with Crippen molar-refractivity contribution < 1.29 is 9.18 Å². The predicted molar refractivity (Wildman–Crippen MR) is 104 cm³/mol. The second kappa shape index (κ2) is 9.10. The Morgan fingerprint density at radius 3 is 2.44 bits per heavy atom. The highest BCUT2D eigenvalue weighted by Crippen LogP contribution is 2.12. The van der Waals surface area contributed by atoms with E-state index in [9.17, 15) is 9.18 Å². The molecule has 1 saturated heterocycles. The summed E-state index contributed by atoms with van der Waals surface area (Å²) in [5.74, 6) is 1.19. The Bertz CT molecular complexity index is 735. The number of hydrogen-bond donors (Lipinski definition) is 1. The first kappa shape index (κ1) is 19.5. The average molecular weight is 373 g/mol. The number of imidazole rings is 1. The second-order valence-electron chi connectivity index (χ2n) is 7.31. The highest BCUT2D eigenvalue weighted by atomic mass is 19.1. The fraction of sp³-hybridized carbons (Fsp3) is 0.500. The summed E-state index contributed by atoms with van der Waals surface area (Å²) in [5.41, 5.74) is 0.626. The number of nitrogens with one attached hydrogen (secondary N) is 1. The van der Waals surface area contributed by atoms with Gasteiger partial charge in [0.05, 0.1) is 6.54 Å². The molecule has 0 spiro atoms. The molecule has 0 atom stereocenters. The molecule has 27 heavy (non-hydrogen) atoms. The summed E-state index contributed by atoms with van der Waals surface area (Å²) in [6.45, 7) is 10.3. The molecule has 1 amide bonds. The molecule has 1 aliphatic heterocycles. The smallest absolute Gasteiger partial charge is 0.238 e. The summed E-state index contributed by atoms with van der Waals surface area (Å²) < 4.78 is 15.1. The zero-order valence-corrected chi connectivity index (χ0v) is 16.1. The molecular formula is C20H28FN5O. The Kier molecular flexibility index (Phi) is 6.58. The van der Waals surface area contributed by atoms with Gasteiger partial charge in [0.1, 0.15) is 11.6 Å². The number of carbonyl (C=O) groups is 1. The van der Waals surface area contributed by atoms with Gasteiger partial charge in [-0.1, -0.05) is 13.8 Å². The fourth-order valence-electron chi connectivity index (χ4n) is 3.37. The highest BCUT2D eigenvalue weighted by Gasteiger charge is 2.19. The summed E-state index contributed by atoms with van der Waals surface area (Å²) in [7, 11) is 0. The van der Waals surface area contributed by atoms with Gasteiger partial charge in [0, 0.05) is 63.3 Å². The Hall–Kier alpha value is -2.25. The molecule has 0 radical (unpaired) electrons. The number of anilines is 1. The zero-order valence-electron chi connectivity index (χ0n) is 16.1. The van der Waals surface area contributed by atoms with E-state index in [4.69, 9.17) is 0 Å². The number of benzene rings is 1. The van der Waals surface area contributed by atoms with Crippen LogP contribution in [-0.2, 0) is 11.3 Å². The van der Waals surface area contributed by atoms with Gasteiger partial charge in [-0.05, 0) is 24.3 Å². The van der Waals surface area contributed by atoms with E-state index < -0.39 is 0 Å². The van der Waals surface area contributed by atoms with Crippen LogP contribution in [0.1, 0.15) is 25.6 Å². The second-order valence-corrected chi connectivity index (χ2v) is 7.31. The average Bonchev–Trinajstić information content (AvgIpc) is 3.12. The number of hydrogen-bond acceptors (Lipinski definition) is 4. The molecule has 1 fully saturated rings. The lowest BCUT2D eigenvalue weighted by atomic mass is 10.2. The highest BCUT2D eigenvalue weighted by molar-refractivity contribution is 5.92. The van der Waals surface area contributed by atoms with Crippen LogP contribution < -0.4 is 5.32 Å². The minimum Gasteiger partial charge on any atom is -0.333 e. The lowest BCUT2D eigenvalue weighted by Crippen LogP contribution is -2.49. The van der Waals surface area contributed by atoms with Crippen molar-refractivity contribution in [3.63, 3.8) is 0 Å². The summed E-state index contributed by atoms with van der Waals surface area (Å²) in [6, 6.07) is 5.85. The number of carbonyl (C=O) groups excluding carboxylic acids is 1. The lowest BCUT2D eigenvalue weighted by molar-refractivity contribution is -0.117. The molecule has 7 heteroatoms. The van der Waals surface area contributed by atoms with Crippen LogP contribution in [-0.4, -0.2) is 64.5 Å². The number of nitrogens with zero attached hydrogens (tertiary/aromatic N) is 4. The molecule has 1 aliphatic rings. The number of piperazine rings is 1. The zero-order chi connectivity index (χ0) is 19.2. The lowest BCUT2D eigenvalue weighted by Gasteiger charge is -2.34. The molecule has 2 aromatic rings. The van der Waals surface area contributed by atoms with Crippen LogP contribution in [0.4, 0.5) is 10.1 Å². The van der Waals surface area contributed by atoms with Crippen molar-refractivity contribution >= 4 is 11.6 Å². The van der Waals surface area contributed by atoms with Crippen LogP contribution in [0.2, 0.25) is 0 Å². The summed E-state index contributed by atoms with van der Waals surface area (Å²) in [6.07, 6.45) is 3.92. The van der Waals surface area contributed by atoms with Crippen molar-refractivity contribution in [2.75, 3.05) is 44.6 Å². The molecule has 1 aromatic heterocycles. The van der Waals surface area contributed by atoms with Crippen molar-refractivity contribution in [3.05, 3.63) is 48.3 Å². The number of aromatic nitrogens is 2. The Labute approximate surface area is 160 Å². The van der Waals surface area contributed by atoms with Crippen LogP contribution in [0.15, 0.2) is 36.7 Å². The maximum Gasteiger partial charge on any atom is 0.238 e. The topological polar surface area (TPSA) is 53.4 Å². The molecule has 0 unspecified atom stereocenters. The molecule has 1 N–H and O–H groups in total. The van der Waals surface area contributed by atoms with Crippen LogP contribution in [0.3, 0.4) is 0 Å². The Balaban J connectivity index is 1.39. The maximum absolute atomic E-state index is 12.9. The molecule has 0 aliphatic carbocycles. The number of rotatable bonds is 7. The van der Waals surface area contributed by atoms with Crippen molar-refractivity contribution in [3.8, 4) is 0 Å². The molecule has 6 nitrogen and oxygen atoms in total. The largest absolute Gasteiger partial charge is 0.333 e. The van der Waals surface area contributed by atoms with Crippen LogP contribution in [0.25, 0.3) is 0 Å². The quantitative estimate of drug-likeness (QED) is 0.810. The van der Waals surface area contributed by atoms with E-state index in [-0.39, 0.29) is 11.7 Å². The summed E-state index contributed by atoms with van der Waals surface area (Å²) in [5, 5.41) is 2.82. The standard InChI is InChI=1S/C20H28FN5O/c1-16(2)20-22-7-8-26(20)14-13-24-9-11-25(12-10-24)15-19(27)23-18-5-3-17(21)4-6-18/h3-8,16H,9-15H2,1-2H3,(H,23,27). The van der Waals surface area contributed by atoms with E-state index in [1.54, 1.807) is 12.1 Å². The van der Waals surface area contributed by atoms with Gasteiger partial charge < -0.3 is 9.88 Å². The van der Waals surface area contributed by atoms with Gasteiger partial charge in [-0.2, -0.15) is 0 Å². The van der Waals surface area contributed by atoms with E-state index in [1.165, 1.54) is 12.1 Å². The molecular weight excluding hydrogens is 345 g/mol. The van der Waals surface area contributed by atoms with Crippen molar-refractivity contribution in [1.29, 1.82) is 0 Å². The summed E-state index contributed by atoms with van der Waals surface area (Å²) in [4.78, 5) is 21.2. The van der Waals surface area contributed by atoms with Crippen LogP contribution in [0, 0.1) is 5.82 Å². The van der Waals surface area contributed by atoms with Gasteiger partial charge in [-0.15, -0.1) is 0 Å². The van der Waals surface area contributed by atoms with Crippen molar-refractivity contribution in [1.82, 2.24) is 19.4 Å². The van der Waals surface area contributed by atoms with E-state index in [2.05, 4.69) is 38.5 Å². The molecule has 3 rings (SSSR count). The number of halogens is 1. The number of amides is 1. The summed E-state index contributed by atoms with van der Waals surface area (Å²) >= 11 is 0. The fourth-order valence-corrected chi connectivity index (χ4v) is 3.37. The van der Waals surface area contributed by atoms with Gasteiger partial charge in [0.2, 0.25) is 5.91 Å². The molecule has 146 valence electrons. The third kappa shape index (κ3) is 5.61. The van der Waals surface area contributed by atoms with Gasteiger partial charge in [0.25, 0.3) is 0 Å². The van der Waals surface area contributed by atoms with Crippen LogP contribution >= 0.6 is 0 Å². The SMILES string of the molecule is CC(C)c1nccn1CCN1CCN(CC(=O)Nc2ccc(F)cc2)CC1. The van der Waals surface area contributed by atoms with E-state index in [0.717, 1.165) is 45.1 Å². The molecule has 1 aromatic carbocycles. The normalized spacial score (nSPS) is 16.0. The monoisotopic (exact) mass is 373 g/mol. The molecule has 0 saturated carbocycles. The van der Waals surface area contributed by atoms with Crippen molar-refractivity contribution in [2.45, 2.75) is 26.3 Å². The van der Waals surface area contributed by atoms with Gasteiger partial charge in [0.15, 0.2) is 0 Å². The predicted octanol–water partition coefficient (Wildman–Crippen LogP) is 2.40. The first-order chi connectivity index (χ1) is 13.0. The third-order valence-corrected chi connectivity index (χ3v) is 4.88. The first-order valence-electron chi connectivity index (χ1n) is 9.52. The van der Waals surface area contributed by atoms with Gasteiger partial charge in [-0.25, -0.2) is 9.37 Å². The third-order valence-electron chi connectivity index (χ3n) is 4.88. The van der Waals surface area contributed by atoms with E-state index in [0.29, 0.717) is 18.2 Å². The Morgan fingerprint density at radius 2 is 1.78 bits per heavy atom. The molecule has 2 heterocycles. The van der Waals surface area contributed by atoms with Gasteiger partial charge in [-0.3, -0.25) is 14.6 Å². The minimum absolute atomic E-state index is 0.0601. The Morgan fingerprint density at radius 1 is 1.11 bits per heavy atom. The van der Waals surface area contributed by atoms with E-state index >= 15 is 0 Å². The first-order valence-corrected chi connectivity index (χ1v) is 9.52. The minimum atomic E-state index is -0.305. The van der Waals surface area contributed by atoms with Gasteiger partial charge >= 0.3 is 0 Å². The van der Waals surface area contributed by atoms with Crippen LogP contribution in [0.5, 0.6) is 0 Å². The van der Waals surface area contributed by atoms with Crippen molar-refractivity contribution in [2.24, 2.45) is 0 Å². The molecule has 0 bridgehead atoms. The van der Waals surface area contributed by atoms with E-state index in [1.807, 2.05) is 12.4 Å².